The Morgan fingerprint density at radius 2 is 1.81 bits per heavy atom. The van der Waals surface area contributed by atoms with Crippen molar-refractivity contribution in [1.29, 1.82) is 0 Å². The van der Waals surface area contributed by atoms with Crippen molar-refractivity contribution in [2.45, 2.75) is 12.8 Å². The third kappa shape index (κ3) is 3.59. The molecule has 1 aliphatic heterocycles. The van der Waals surface area contributed by atoms with Crippen molar-refractivity contribution in [3.05, 3.63) is 69.9 Å². The van der Waals surface area contributed by atoms with Crippen LogP contribution < -0.4 is 4.80 Å². The van der Waals surface area contributed by atoms with Gasteiger partial charge in [0.25, 0.3) is 0 Å². The predicted molar refractivity (Wildman–Crippen MR) is 106 cm³/mol. The molecule has 26 heavy (non-hydrogen) atoms. The molecule has 1 aliphatic rings. The predicted octanol–water partition coefficient (Wildman–Crippen LogP) is 4.98. The van der Waals surface area contributed by atoms with Gasteiger partial charge in [0.15, 0.2) is 4.80 Å². The Kier molecular flexibility index (Phi) is 4.91. The lowest BCUT2D eigenvalue weighted by Crippen LogP contribution is -2.27. The van der Waals surface area contributed by atoms with Gasteiger partial charge in [-0.1, -0.05) is 35.9 Å². The molecular weight excluding hydrogens is 366 g/mol. The zero-order valence-electron chi connectivity index (χ0n) is 14.1. The monoisotopic (exact) mass is 383 g/mol. The summed E-state index contributed by atoms with van der Waals surface area (Å²) in [6.07, 6.45) is 4.07. The molecule has 2 aromatic carbocycles. The smallest absolute Gasteiger partial charge is 0.323 e. The number of carbonyl (C=O) groups excluding carboxylic acids is 1. The zero-order chi connectivity index (χ0) is 17.9. The number of rotatable bonds is 2. The van der Waals surface area contributed by atoms with E-state index in [1.165, 1.54) is 11.3 Å². The third-order valence-corrected chi connectivity index (χ3v) is 5.45. The second kappa shape index (κ2) is 7.48. The van der Waals surface area contributed by atoms with Crippen molar-refractivity contribution >= 4 is 29.0 Å². The highest BCUT2D eigenvalue weighted by atomic mass is 35.5. The van der Waals surface area contributed by atoms with Crippen LogP contribution in [-0.2, 0) is 0 Å². The Hall–Kier alpha value is -2.37. The van der Waals surface area contributed by atoms with E-state index in [1.807, 2.05) is 57.4 Å². The first-order valence-electron chi connectivity index (χ1n) is 8.57. The average Bonchev–Trinajstić information content (AvgIpc) is 3.34. The lowest BCUT2D eigenvalue weighted by molar-refractivity contribution is 0.218. The fraction of sp³-hybridized carbons (Fsp3) is 0.200. The Morgan fingerprint density at radius 3 is 2.54 bits per heavy atom. The highest BCUT2D eigenvalue weighted by molar-refractivity contribution is 7.07. The largest absolute Gasteiger partial charge is 0.346 e. The molecule has 0 aliphatic carbocycles. The van der Waals surface area contributed by atoms with E-state index in [9.17, 15) is 4.79 Å². The third-order valence-electron chi connectivity index (χ3n) is 4.46. The van der Waals surface area contributed by atoms with Gasteiger partial charge in [0.1, 0.15) is 0 Å². The molecule has 2 heterocycles. The number of hydrogen-bond acceptors (Lipinski definition) is 2. The molecule has 0 N–H and O–H groups in total. The van der Waals surface area contributed by atoms with Crippen LogP contribution in [0.5, 0.6) is 0 Å². The molecule has 0 bridgehead atoms. The van der Waals surface area contributed by atoms with E-state index in [0.717, 1.165) is 47.8 Å². The van der Waals surface area contributed by atoms with Crippen LogP contribution in [0.15, 0.2) is 65.1 Å². The molecule has 1 aromatic heterocycles. The maximum atomic E-state index is 12.3. The van der Waals surface area contributed by atoms with Gasteiger partial charge in [0.05, 0.1) is 0 Å². The number of urea groups is 1. The number of benzene rings is 2. The molecule has 0 unspecified atom stereocenters. The number of nitrogens with zero attached hydrogens (tertiary/aromatic N) is 3. The molecule has 0 spiro atoms. The number of halogens is 1. The zero-order valence-corrected chi connectivity index (χ0v) is 15.7. The van der Waals surface area contributed by atoms with Crippen LogP contribution >= 0.6 is 22.9 Å². The van der Waals surface area contributed by atoms with Crippen LogP contribution in [-0.4, -0.2) is 28.6 Å². The van der Waals surface area contributed by atoms with E-state index >= 15 is 0 Å². The number of amides is 2. The number of carbonyl (C=O) groups is 1. The van der Waals surface area contributed by atoms with Crippen LogP contribution in [0.25, 0.3) is 16.8 Å². The van der Waals surface area contributed by atoms with E-state index in [1.54, 1.807) is 0 Å². The van der Waals surface area contributed by atoms with Gasteiger partial charge >= 0.3 is 6.03 Å². The standard InChI is InChI=1S/C20H18ClN3OS/c21-17-5-3-4-16(14-17)15-6-8-18(9-7-15)24-12-13-26-20(24)22-19(25)23-10-1-2-11-23/h3-9,12-14H,1-2,10-11H2/b22-20-. The van der Waals surface area contributed by atoms with E-state index < -0.39 is 0 Å². The van der Waals surface area contributed by atoms with Crippen LogP contribution in [0, 0.1) is 0 Å². The van der Waals surface area contributed by atoms with Crippen LogP contribution in [0.1, 0.15) is 12.8 Å². The minimum atomic E-state index is -0.144. The maximum Gasteiger partial charge on any atom is 0.346 e. The number of aromatic nitrogens is 1. The molecule has 3 aromatic rings. The molecule has 6 heteroatoms. The van der Waals surface area contributed by atoms with Gasteiger partial charge in [0.2, 0.25) is 0 Å². The van der Waals surface area contributed by atoms with Gasteiger partial charge in [-0.25, -0.2) is 4.79 Å². The SMILES string of the molecule is O=C(/N=c1\sccn1-c1ccc(-c2cccc(Cl)c2)cc1)N1CCCC1. The summed E-state index contributed by atoms with van der Waals surface area (Å²) in [4.78, 5) is 19.1. The first kappa shape index (κ1) is 17.1. The number of likely N-dealkylation sites (tertiary alicyclic amines) is 1. The van der Waals surface area contributed by atoms with Crippen molar-refractivity contribution in [1.82, 2.24) is 9.47 Å². The molecule has 1 fully saturated rings. The Balaban J connectivity index is 1.63. The summed E-state index contributed by atoms with van der Waals surface area (Å²) in [6, 6.07) is 15.8. The quantitative estimate of drug-likeness (QED) is 0.615. The van der Waals surface area contributed by atoms with Gasteiger partial charge < -0.3 is 4.90 Å². The highest BCUT2D eigenvalue weighted by Crippen LogP contribution is 2.23. The fourth-order valence-corrected chi connectivity index (χ4v) is 4.00. The van der Waals surface area contributed by atoms with E-state index in [2.05, 4.69) is 17.1 Å². The minimum Gasteiger partial charge on any atom is -0.323 e. The Bertz CT molecular complexity index is 985. The summed E-state index contributed by atoms with van der Waals surface area (Å²) < 4.78 is 1.94. The molecule has 2 amide bonds. The second-order valence-corrected chi connectivity index (χ2v) is 7.51. The lowest BCUT2D eigenvalue weighted by atomic mass is 10.1. The summed E-state index contributed by atoms with van der Waals surface area (Å²) in [5.74, 6) is 0. The topological polar surface area (TPSA) is 37.6 Å². The molecule has 0 atom stereocenters. The van der Waals surface area contributed by atoms with E-state index in [0.29, 0.717) is 4.80 Å². The van der Waals surface area contributed by atoms with E-state index in [-0.39, 0.29) is 6.03 Å². The van der Waals surface area contributed by atoms with Crippen molar-refractivity contribution < 1.29 is 4.79 Å². The molecule has 0 saturated carbocycles. The number of thiazole rings is 1. The normalized spacial score (nSPS) is 14.8. The first-order valence-corrected chi connectivity index (χ1v) is 9.83. The van der Waals surface area contributed by atoms with Gasteiger partial charge in [-0.3, -0.25) is 4.57 Å². The molecular formula is C20H18ClN3OS. The molecule has 4 rings (SSSR count). The van der Waals surface area contributed by atoms with Crippen molar-refractivity contribution in [3.8, 4) is 16.8 Å². The van der Waals surface area contributed by atoms with Crippen LogP contribution in [0.3, 0.4) is 0 Å². The van der Waals surface area contributed by atoms with Crippen LogP contribution in [0.4, 0.5) is 4.79 Å². The van der Waals surface area contributed by atoms with Crippen molar-refractivity contribution in [3.63, 3.8) is 0 Å². The fourth-order valence-electron chi connectivity index (χ4n) is 3.09. The van der Waals surface area contributed by atoms with Gasteiger partial charge in [-0.15, -0.1) is 11.3 Å². The van der Waals surface area contributed by atoms with Crippen molar-refractivity contribution in [2.75, 3.05) is 13.1 Å². The lowest BCUT2D eigenvalue weighted by Gasteiger charge is -2.11. The van der Waals surface area contributed by atoms with Gasteiger partial charge in [-0.05, 0) is 48.2 Å². The van der Waals surface area contributed by atoms with E-state index in [4.69, 9.17) is 11.6 Å². The minimum absolute atomic E-state index is 0.144. The molecule has 1 saturated heterocycles. The molecule has 0 radical (unpaired) electrons. The maximum absolute atomic E-state index is 12.3. The summed E-state index contributed by atoms with van der Waals surface area (Å²) in [7, 11) is 0. The Labute approximate surface area is 161 Å². The van der Waals surface area contributed by atoms with Crippen LogP contribution in [0.2, 0.25) is 5.02 Å². The summed E-state index contributed by atoms with van der Waals surface area (Å²) >= 11 is 7.54. The molecule has 132 valence electrons. The highest BCUT2D eigenvalue weighted by Gasteiger charge is 2.17. The number of hydrogen-bond donors (Lipinski definition) is 0. The summed E-state index contributed by atoms with van der Waals surface area (Å²) in [6.45, 7) is 1.62. The first-order chi connectivity index (χ1) is 12.7. The average molecular weight is 384 g/mol. The summed E-state index contributed by atoms with van der Waals surface area (Å²) in [5, 5.41) is 2.67. The van der Waals surface area contributed by atoms with Gasteiger partial charge in [0, 0.05) is 35.4 Å². The summed E-state index contributed by atoms with van der Waals surface area (Å²) in [5.41, 5.74) is 3.15. The Morgan fingerprint density at radius 1 is 1.04 bits per heavy atom. The second-order valence-electron chi connectivity index (χ2n) is 6.20. The van der Waals surface area contributed by atoms with Gasteiger partial charge in [-0.2, -0.15) is 4.99 Å². The molecule has 4 nitrogen and oxygen atoms in total. The van der Waals surface area contributed by atoms with Crippen molar-refractivity contribution in [2.24, 2.45) is 4.99 Å².